The molecule has 136 valence electrons. The van der Waals surface area contributed by atoms with Gasteiger partial charge in [-0.25, -0.2) is 14.6 Å². The van der Waals surface area contributed by atoms with Crippen LogP contribution in [-0.2, 0) is 9.47 Å². The molecule has 0 aliphatic heterocycles. The van der Waals surface area contributed by atoms with E-state index < -0.39 is 24.2 Å². The molecule has 2 rings (SSSR count). The first-order valence-corrected chi connectivity index (χ1v) is 7.85. The quantitative estimate of drug-likeness (QED) is 0.313. The standard InChI is InChI=1S/C18H20N4O4/c1-5-22(19-4)16-11-12-21(18(24)20-16)13(2)25-14(3)26-17(23)15-9-7-6-8-10-15/h5-14H,1,4H2,2-3H3. The molecule has 0 amide bonds. The molecule has 26 heavy (non-hydrogen) atoms. The first kappa shape index (κ1) is 19.1. The molecule has 1 aromatic heterocycles. The van der Waals surface area contributed by atoms with Crippen LogP contribution in [0.4, 0.5) is 5.82 Å². The van der Waals surface area contributed by atoms with Gasteiger partial charge in [-0.1, -0.05) is 24.8 Å². The molecule has 0 fully saturated rings. The Balaban J connectivity index is 2.03. The third-order valence-electron chi connectivity index (χ3n) is 3.44. The Morgan fingerprint density at radius 3 is 2.58 bits per heavy atom. The average molecular weight is 356 g/mol. The van der Waals surface area contributed by atoms with Crippen LogP contribution in [-0.4, -0.2) is 28.5 Å². The number of esters is 1. The predicted octanol–water partition coefficient (Wildman–Crippen LogP) is 2.55. The maximum absolute atomic E-state index is 12.2. The van der Waals surface area contributed by atoms with Crippen LogP contribution in [0.1, 0.15) is 30.4 Å². The van der Waals surface area contributed by atoms with Crippen LogP contribution in [0.3, 0.4) is 0 Å². The van der Waals surface area contributed by atoms with Crippen molar-refractivity contribution in [3.8, 4) is 0 Å². The van der Waals surface area contributed by atoms with E-state index >= 15 is 0 Å². The number of anilines is 1. The van der Waals surface area contributed by atoms with Gasteiger partial charge in [0, 0.05) is 19.1 Å². The molecule has 0 N–H and O–H groups in total. The number of rotatable bonds is 8. The van der Waals surface area contributed by atoms with Crippen LogP contribution in [0.5, 0.6) is 0 Å². The Labute approximate surface area is 151 Å². The Morgan fingerprint density at radius 1 is 1.31 bits per heavy atom. The second-order valence-electron chi connectivity index (χ2n) is 5.22. The average Bonchev–Trinajstić information content (AvgIpc) is 2.63. The Kier molecular flexibility index (Phi) is 6.40. The highest BCUT2D eigenvalue weighted by Gasteiger charge is 2.17. The number of benzene rings is 1. The van der Waals surface area contributed by atoms with Crippen molar-refractivity contribution in [3.05, 3.63) is 71.4 Å². The predicted molar refractivity (Wildman–Crippen MR) is 97.8 cm³/mol. The Bertz CT molecular complexity index is 827. The van der Waals surface area contributed by atoms with Crippen molar-refractivity contribution in [2.24, 2.45) is 5.10 Å². The Hall–Kier alpha value is -3.26. The molecule has 2 unspecified atom stereocenters. The highest BCUT2D eigenvalue weighted by molar-refractivity contribution is 5.89. The lowest BCUT2D eigenvalue weighted by Crippen LogP contribution is -2.31. The summed E-state index contributed by atoms with van der Waals surface area (Å²) in [5, 5.41) is 4.93. The smallest absolute Gasteiger partial charge is 0.351 e. The van der Waals surface area contributed by atoms with E-state index in [0.717, 1.165) is 0 Å². The first-order valence-electron chi connectivity index (χ1n) is 7.85. The zero-order valence-electron chi connectivity index (χ0n) is 14.6. The Morgan fingerprint density at radius 2 is 2.00 bits per heavy atom. The minimum atomic E-state index is -0.858. The van der Waals surface area contributed by atoms with Gasteiger partial charge in [0.2, 0.25) is 6.29 Å². The summed E-state index contributed by atoms with van der Waals surface area (Å²) >= 11 is 0. The number of hydrogen-bond donors (Lipinski definition) is 0. The van der Waals surface area contributed by atoms with E-state index in [4.69, 9.17) is 9.47 Å². The molecule has 0 bridgehead atoms. The number of carbonyl (C=O) groups is 1. The van der Waals surface area contributed by atoms with Crippen LogP contribution >= 0.6 is 0 Å². The summed E-state index contributed by atoms with van der Waals surface area (Å²) in [5.41, 5.74) is -0.132. The minimum Gasteiger partial charge on any atom is -0.432 e. The van der Waals surface area contributed by atoms with Crippen molar-refractivity contribution in [1.29, 1.82) is 0 Å². The van der Waals surface area contributed by atoms with E-state index in [-0.39, 0.29) is 5.82 Å². The molecule has 8 heteroatoms. The molecule has 0 saturated carbocycles. The van der Waals surface area contributed by atoms with Crippen molar-refractivity contribution in [3.63, 3.8) is 0 Å². The van der Waals surface area contributed by atoms with Crippen LogP contribution in [0.25, 0.3) is 0 Å². The molecule has 2 aromatic rings. The number of hydrazone groups is 1. The van der Waals surface area contributed by atoms with Gasteiger partial charge >= 0.3 is 11.7 Å². The third-order valence-corrected chi connectivity index (χ3v) is 3.44. The van der Waals surface area contributed by atoms with Gasteiger partial charge in [-0.3, -0.25) is 4.57 Å². The highest BCUT2D eigenvalue weighted by Crippen LogP contribution is 2.13. The van der Waals surface area contributed by atoms with Crippen molar-refractivity contribution >= 4 is 18.5 Å². The molecule has 0 aliphatic carbocycles. The lowest BCUT2D eigenvalue weighted by atomic mass is 10.2. The summed E-state index contributed by atoms with van der Waals surface area (Å²) in [6.45, 7) is 10.1. The molecule has 1 aromatic carbocycles. The molecular formula is C18H20N4O4. The summed E-state index contributed by atoms with van der Waals surface area (Å²) in [6.07, 6.45) is 1.33. The molecule has 0 spiro atoms. The minimum absolute atomic E-state index is 0.284. The second-order valence-corrected chi connectivity index (χ2v) is 5.22. The molecule has 1 heterocycles. The fourth-order valence-corrected chi connectivity index (χ4v) is 2.20. The number of aromatic nitrogens is 2. The largest absolute Gasteiger partial charge is 0.432 e. The fourth-order valence-electron chi connectivity index (χ4n) is 2.20. The SMILES string of the molecule is C=CN(N=C)c1ccn(C(C)OC(C)OC(=O)c2ccccc2)c(=O)n1. The number of carbonyl (C=O) groups excluding carboxylic acids is 1. The van der Waals surface area contributed by atoms with Gasteiger partial charge in [0.05, 0.1) is 5.56 Å². The van der Waals surface area contributed by atoms with Crippen LogP contribution in [0.15, 0.2) is 65.3 Å². The topological polar surface area (TPSA) is 86.0 Å². The normalized spacial score (nSPS) is 12.7. The van der Waals surface area contributed by atoms with Crippen LogP contribution in [0.2, 0.25) is 0 Å². The number of ether oxygens (including phenoxy) is 2. The zero-order chi connectivity index (χ0) is 19.1. The van der Waals surface area contributed by atoms with Gasteiger partial charge in [0.15, 0.2) is 5.82 Å². The summed E-state index contributed by atoms with van der Waals surface area (Å²) in [5.74, 6) is -0.225. The van der Waals surface area contributed by atoms with Crippen molar-refractivity contribution in [1.82, 2.24) is 9.55 Å². The first-order chi connectivity index (χ1) is 12.5. The van der Waals surface area contributed by atoms with Gasteiger partial charge in [0.1, 0.15) is 6.23 Å². The van der Waals surface area contributed by atoms with Crippen molar-refractivity contribution in [2.75, 3.05) is 5.01 Å². The van der Waals surface area contributed by atoms with Gasteiger partial charge < -0.3 is 9.47 Å². The molecule has 2 atom stereocenters. The summed E-state index contributed by atoms with van der Waals surface area (Å²) in [6, 6.07) is 10.1. The molecular weight excluding hydrogens is 336 g/mol. The second kappa shape index (κ2) is 8.72. The summed E-state index contributed by atoms with van der Waals surface area (Å²) < 4.78 is 12.1. The number of hydrogen-bond acceptors (Lipinski definition) is 7. The molecule has 0 saturated heterocycles. The maximum Gasteiger partial charge on any atom is 0.351 e. The van der Waals surface area contributed by atoms with Gasteiger partial charge in [-0.2, -0.15) is 10.1 Å². The van der Waals surface area contributed by atoms with E-state index in [1.54, 1.807) is 50.2 Å². The van der Waals surface area contributed by atoms with Gasteiger partial charge in [-0.05, 0) is 32.0 Å². The van der Waals surface area contributed by atoms with Crippen LogP contribution in [0, 0.1) is 0 Å². The monoisotopic (exact) mass is 356 g/mol. The maximum atomic E-state index is 12.2. The highest BCUT2D eigenvalue weighted by atomic mass is 16.7. The number of nitrogens with zero attached hydrogens (tertiary/aromatic N) is 4. The van der Waals surface area contributed by atoms with Crippen molar-refractivity contribution < 1.29 is 14.3 Å². The summed E-state index contributed by atoms with van der Waals surface area (Å²) in [7, 11) is 0. The molecule has 0 radical (unpaired) electrons. The van der Waals surface area contributed by atoms with E-state index in [0.29, 0.717) is 5.56 Å². The molecule has 8 nitrogen and oxygen atoms in total. The lowest BCUT2D eigenvalue weighted by Gasteiger charge is -2.21. The van der Waals surface area contributed by atoms with E-state index in [1.807, 2.05) is 0 Å². The third kappa shape index (κ3) is 4.64. The van der Waals surface area contributed by atoms with Crippen molar-refractivity contribution in [2.45, 2.75) is 26.4 Å². The zero-order valence-corrected chi connectivity index (χ0v) is 14.6. The fraction of sp³-hybridized carbons (Fsp3) is 0.222. The lowest BCUT2D eigenvalue weighted by molar-refractivity contribution is -0.148. The van der Waals surface area contributed by atoms with Gasteiger partial charge in [0.25, 0.3) is 0 Å². The van der Waals surface area contributed by atoms with E-state index in [9.17, 15) is 9.59 Å². The van der Waals surface area contributed by atoms with Crippen LogP contribution < -0.4 is 10.7 Å². The van der Waals surface area contributed by atoms with Gasteiger partial charge in [-0.15, -0.1) is 0 Å². The molecule has 0 aliphatic rings. The van der Waals surface area contributed by atoms with E-state index in [2.05, 4.69) is 23.4 Å². The summed E-state index contributed by atoms with van der Waals surface area (Å²) in [4.78, 5) is 28.1. The van der Waals surface area contributed by atoms with E-state index in [1.165, 1.54) is 22.0 Å².